The van der Waals surface area contributed by atoms with E-state index in [2.05, 4.69) is 20.9 Å². The second-order valence-corrected chi connectivity index (χ2v) is 5.23. The van der Waals surface area contributed by atoms with Gasteiger partial charge >= 0.3 is 5.69 Å². The maximum absolute atomic E-state index is 12.0. The van der Waals surface area contributed by atoms with Crippen LogP contribution < -0.4 is 5.69 Å². The van der Waals surface area contributed by atoms with E-state index in [1.807, 2.05) is 22.8 Å². The monoisotopic (exact) mass is 280 g/mol. The Labute approximate surface area is 102 Å². The average Bonchev–Trinajstić information content (AvgIpc) is 2.84. The topological polar surface area (TPSA) is 37.8 Å². The molecule has 1 saturated carbocycles. The van der Waals surface area contributed by atoms with E-state index in [4.69, 9.17) is 0 Å². The molecule has 3 nitrogen and oxygen atoms in total. The molecular weight excluding hydrogens is 268 g/mol. The third-order valence-electron chi connectivity index (χ3n) is 3.38. The quantitative estimate of drug-likeness (QED) is 0.856. The van der Waals surface area contributed by atoms with Crippen LogP contribution in [-0.4, -0.2) is 9.55 Å². The van der Waals surface area contributed by atoms with Crippen molar-refractivity contribution in [2.45, 2.75) is 31.7 Å². The van der Waals surface area contributed by atoms with Crippen LogP contribution in [0.25, 0.3) is 11.0 Å². The number of rotatable bonds is 1. The minimum atomic E-state index is 0.0220. The van der Waals surface area contributed by atoms with E-state index in [0.717, 1.165) is 28.3 Å². The van der Waals surface area contributed by atoms with Crippen molar-refractivity contribution >= 4 is 27.0 Å². The van der Waals surface area contributed by atoms with Gasteiger partial charge < -0.3 is 4.98 Å². The number of benzene rings is 1. The van der Waals surface area contributed by atoms with Crippen LogP contribution in [-0.2, 0) is 0 Å². The summed E-state index contributed by atoms with van der Waals surface area (Å²) < 4.78 is 2.92. The number of aromatic amines is 1. The van der Waals surface area contributed by atoms with Crippen molar-refractivity contribution < 1.29 is 0 Å². The molecule has 0 amide bonds. The smallest absolute Gasteiger partial charge is 0.305 e. The fourth-order valence-electron chi connectivity index (χ4n) is 2.65. The van der Waals surface area contributed by atoms with E-state index in [1.54, 1.807) is 0 Å². The summed E-state index contributed by atoms with van der Waals surface area (Å²) in [4.78, 5) is 14.9. The lowest BCUT2D eigenvalue weighted by molar-refractivity contribution is 0.517. The maximum Gasteiger partial charge on any atom is 0.326 e. The van der Waals surface area contributed by atoms with Crippen LogP contribution in [0.4, 0.5) is 0 Å². The molecule has 84 valence electrons. The summed E-state index contributed by atoms with van der Waals surface area (Å²) in [5, 5.41) is 0. The van der Waals surface area contributed by atoms with Gasteiger partial charge in [0.05, 0.1) is 11.0 Å². The van der Waals surface area contributed by atoms with Gasteiger partial charge in [0.1, 0.15) is 0 Å². The van der Waals surface area contributed by atoms with Gasteiger partial charge in [-0.25, -0.2) is 4.79 Å². The largest absolute Gasteiger partial charge is 0.326 e. The Kier molecular flexibility index (Phi) is 2.39. The second kappa shape index (κ2) is 3.77. The highest BCUT2D eigenvalue weighted by atomic mass is 79.9. The van der Waals surface area contributed by atoms with Crippen molar-refractivity contribution in [2.75, 3.05) is 0 Å². The molecule has 0 saturated heterocycles. The lowest BCUT2D eigenvalue weighted by Crippen LogP contribution is -2.20. The second-order valence-electron chi connectivity index (χ2n) is 4.37. The zero-order valence-electron chi connectivity index (χ0n) is 8.87. The van der Waals surface area contributed by atoms with Crippen molar-refractivity contribution in [3.63, 3.8) is 0 Å². The highest BCUT2D eigenvalue weighted by Gasteiger charge is 2.21. The molecule has 4 heteroatoms. The molecule has 1 aliphatic carbocycles. The van der Waals surface area contributed by atoms with Crippen LogP contribution >= 0.6 is 15.9 Å². The normalized spacial score (nSPS) is 17.3. The number of fused-ring (bicyclic) bond motifs is 1. The predicted molar refractivity (Wildman–Crippen MR) is 67.8 cm³/mol. The number of nitrogens with one attached hydrogen (secondary N) is 1. The number of para-hydroxylation sites is 1. The van der Waals surface area contributed by atoms with Gasteiger partial charge in [0.2, 0.25) is 0 Å². The van der Waals surface area contributed by atoms with Gasteiger partial charge in [0, 0.05) is 10.5 Å². The van der Waals surface area contributed by atoms with Gasteiger partial charge in [-0.2, -0.15) is 0 Å². The summed E-state index contributed by atoms with van der Waals surface area (Å²) in [6.07, 6.45) is 4.70. The van der Waals surface area contributed by atoms with Gasteiger partial charge in [0.15, 0.2) is 0 Å². The Morgan fingerprint density at radius 3 is 2.81 bits per heavy atom. The summed E-state index contributed by atoms with van der Waals surface area (Å²) in [6.45, 7) is 0. The summed E-state index contributed by atoms with van der Waals surface area (Å²) >= 11 is 3.53. The first-order chi connectivity index (χ1) is 7.77. The van der Waals surface area contributed by atoms with Crippen LogP contribution in [0.3, 0.4) is 0 Å². The fraction of sp³-hybridized carbons (Fsp3) is 0.417. The van der Waals surface area contributed by atoms with Gasteiger partial charge in [-0.05, 0) is 40.9 Å². The van der Waals surface area contributed by atoms with Crippen LogP contribution in [0, 0.1) is 0 Å². The molecular formula is C12H13BrN2O. The summed E-state index contributed by atoms with van der Waals surface area (Å²) in [5.41, 5.74) is 1.96. The van der Waals surface area contributed by atoms with Gasteiger partial charge in [-0.15, -0.1) is 0 Å². The Hall–Kier alpha value is -1.03. The molecule has 16 heavy (non-hydrogen) atoms. The number of halogens is 1. The Bertz CT molecular complexity index is 578. The first-order valence-electron chi connectivity index (χ1n) is 5.66. The van der Waals surface area contributed by atoms with Crippen LogP contribution in [0.15, 0.2) is 27.5 Å². The van der Waals surface area contributed by atoms with Crippen molar-refractivity contribution in [2.24, 2.45) is 0 Å². The molecule has 0 radical (unpaired) electrons. The van der Waals surface area contributed by atoms with Gasteiger partial charge in [0.25, 0.3) is 0 Å². The molecule has 1 aromatic carbocycles. The van der Waals surface area contributed by atoms with E-state index in [9.17, 15) is 4.79 Å². The molecule has 1 N–H and O–H groups in total. The third-order valence-corrected chi connectivity index (χ3v) is 4.02. The fourth-order valence-corrected chi connectivity index (χ4v) is 3.21. The van der Waals surface area contributed by atoms with Crippen LogP contribution in [0.2, 0.25) is 0 Å². The molecule has 0 unspecified atom stereocenters. The van der Waals surface area contributed by atoms with E-state index in [-0.39, 0.29) is 5.69 Å². The van der Waals surface area contributed by atoms with Crippen molar-refractivity contribution in [1.82, 2.24) is 9.55 Å². The minimum Gasteiger partial charge on any atom is -0.305 e. The van der Waals surface area contributed by atoms with Crippen molar-refractivity contribution in [1.29, 1.82) is 0 Å². The van der Waals surface area contributed by atoms with Gasteiger partial charge in [-0.1, -0.05) is 18.9 Å². The standard InChI is InChI=1S/C12H13BrN2O/c13-9-6-3-7-10-11(9)15(12(16)14-10)8-4-1-2-5-8/h3,6-8H,1-2,4-5H2,(H,14,16). The number of H-pyrrole nitrogens is 1. The molecule has 0 aliphatic heterocycles. The zero-order chi connectivity index (χ0) is 11.1. The highest BCUT2D eigenvalue weighted by Crippen LogP contribution is 2.32. The van der Waals surface area contributed by atoms with E-state index < -0.39 is 0 Å². The molecule has 0 atom stereocenters. The number of imidazole rings is 1. The van der Waals surface area contributed by atoms with E-state index in [0.29, 0.717) is 6.04 Å². The average molecular weight is 281 g/mol. The Morgan fingerprint density at radius 1 is 1.31 bits per heavy atom. The van der Waals surface area contributed by atoms with Gasteiger partial charge in [-0.3, -0.25) is 4.57 Å². The lowest BCUT2D eigenvalue weighted by atomic mass is 10.2. The first-order valence-corrected chi connectivity index (χ1v) is 6.45. The molecule has 3 rings (SSSR count). The molecule has 2 aromatic rings. The number of hydrogen-bond donors (Lipinski definition) is 1. The Morgan fingerprint density at radius 2 is 2.06 bits per heavy atom. The van der Waals surface area contributed by atoms with Crippen LogP contribution in [0.1, 0.15) is 31.7 Å². The molecule has 1 heterocycles. The molecule has 0 spiro atoms. The zero-order valence-corrected chi connectivity index (χ0v) is 10.5. The maximum atomic E-state index is 12.0. The summed E-state index contributed by atoms with van der Waals surface area (Å²) in [6, 6.07) is 6.26. The first kappa shape index (κ1) is 10.1. The predicted octanol–water partition coefficient (Wildman–Crippen LogP) is 3.21. The SMILES string of the molecule is O=c1[nH]c2cccc(Br)c2n1C1CCCC1. The highest BCUT2D eigenvalue weighted by molar-refractivity contribution is 9.10. The van der Waals surface area contributed by atoms with E-state index >= 15 is 0 Å². The van der Waals surface area contributed by atoms with E-state index in [1.165, 1.54) is 12.8 Å². The molecule has 1 aliphatic rings. The van der Waals surface area contributed by atoms with Crippen molar-refractivity contribution in [3.05, 3.63) is 33.2 Å². The molecule has 0 bridgehead atoms. The minimum absolute atomic E-state index is 0.0220. The third kappa shape index (κ3) is 1.44. The van der Waals surface area contributed by atoms with Crippen molar-refractivity contribution in [3.8, 4) is 0 Å². The number of aromatic nitrogens is 2. The molecule has 1 fully saturated rings. The Balaban J connectivity index is 2.29. The summed E-state index contributed by atoms with van der Waals surface area (Å²) in [7, 11) is 0. The lowest BCUT2D eigenvalue weighted by Gasteiger charge is -2.11. The number of nitrogens with zero attached hydrogens (tertiary/aromatic N) is 1. The van der Waals surface area contributed by atoms with Crippen LogP contribution in [0.5, 0.6) is 0 Å². The number of hydrogen-bond acceptors (Lipinski definition) is 1. The molecule has 1 aromatic heterocycles. The summed E-state index contributed by atoms with van der Waals surface area (Å²) in [5.74, 6) is 0.